The van der Waals surface area contributed by atoms with Gasteiger partial charge in [0.1, 0.15) is 11.4 Å². The first-order chi connectivity index (χ1) is 12.6. The van der Waals surface area contributed by atoms with Crippen LogP contribution in [0.15, 0.2) is 12.1 Å². The fourth-order valence-corrected chi connectivity index (χ4v) is 4.16. The summed E-state index contributed by atoms with van der Waals surface area (Å²) >= 11 is 0. The largest absolute Gasteiger partial charge is 0.481 e. The van der Waals surface area contributed by atoms with Gasteiger partial charge in [-0.05, 0) is 31.2 Å². The van der Waals surface area contributed by atoms with Gasteiger partial charge < -0.3 is 14.4 Å². The van der Waals surface area contributed by atoms with Gasteiger partial charge in [0.05, 0.1) is 14.2 Å². The summed E-state index contributed by atoms with van der Waals surface area (Å²) in [5, 5.41) is 7.30. The molecule has 1 spiro atoms. The highest BCUT2D eigenvalue weighted by Crippen LogP contribution is 2.55. The van der Waals surface area contributed by atoms with Crippen LogP contribution in [0.3, 0.4) is 0 Å². The molecule has 8 nitrogen and oxygen atoms in total. The van der Waals surface area contributed by atoms with Crippen molar-refractivity contribution in [1.82, 2.24) is 25.1 Å². The summed E-state index contributed by atoms with van der Waals surface area (Å²) in [6.45, 7) is 3.24. The van der Waals surface area contributed by atoms with Gasteiger partial charge in [-0.3, -0.25) is 9.89 Å². The van der Waals surface area contributed by atoms with Crippen molar-refractivity contribution in [2.24, 2.45) is 5.41 Å². The highest BCUT2D eigenvalue weighted by molar-refractivity contribution is 5.96. The van der Waals surface area contributed by atoms with Crippen molar-refractivity contribution in [3.05, 3.63) is 29.3 Å². The van der Waals surface area contributed by atoms with Crippen molar-refractivity contribution in [3.63, 3.8) is 0 Å². The van der Waals surface area contributed by atoms with Crippen LogP contribution in [-0.4, -0.2) is 58.3 Å². The van der Waals surface area contributed by atoms with E-state index in [9.17, 15) is 4.79 Å². The molecule has 0 bridgehead atoms. The second kappa shape index (κ2) is 6.26. The van der Waals surface area contributed by atoms with Gasteiger partial charge in [-0.1, -0.05) is 6.42 Å². The minimum atomic E-state index is -0.0713. The predicted octanol–water partition coefficient (Wildman–Crippen LogP) is 1.94. The van der Waals surface area contributed by atoms with E-state index in [1.807, 2.05) is 11.8 Å². The van der Waals surface area contributed by atoms with Crippen LogP contribution in [0.2, 0.25) is 0 Å². The van der Waals surface area contributed by atoms with E-state index in [2.05, 4.69) is 20.2 Å². The lowest BCUT2D eigenvalue weighted by Gasteiger charge is -2.41. The fraction of sp³-hybridized carbons (Fsp3) is 0.556. The smallest absolute Gasteiger partial charge is 0.259 e. The SMILES string of the molecule is COc1ccc(C(=O)N2CC(c3n[nH]c(C)n3)C3(CCC3)C2)c(OC)n1. The van der Waals surface area contributed by atoms with Gasteiger partial charge in [0, 0.05) is 25.1 Å². The molecule has 3 heterocycles. The number of carbonyl (C=O) groups excluding carboxylic acids is 1. The molecule has 4 rings (SSSR count). The molecule has 2 aromatic heterocycles. The molecule has 138 valence electrons. The lowest BCUT2D eigenvalue weighted by molar-refractivity contribution is 0.0720. The maximum absolute atomic E-state index is 13.2. The molecule has 1 saturated heterocycles. The van der Waals surface area contributed by atoms with E-state index in [1.54, 1.807) is 12.1 Å². The van der Waals surface area contributed by atoms with Crippen LogP contribution in [0.1, 0.15) is 47.2 Å². The van der Waals surface area contributed by atoms with Gasteiger partial charge in [-0.15, -0.1) is 0 Å². The van der Waals surface area contributed by atoms with E-state index in [1.165, 1.54) is 20.6 Å². The minimum absolute atomic E-state index is 0.0713. The first-order valence-electron chi connectivity index (χ1n) is 8.83. The molecule has 0 aromatic carbocycles. The number of H-pyrrole nitrogens is 1. The molecule has 26 heavy (non-hydrogen) atoms. The average Bonchev–Trinajstić information content (AvgIpc) is 3.24. The molecule has 2 aromatic rings. The van der Waals surface area contributed by atoms with E-state index in [4.69, 9.17) is 9.47 Å². The Labute approximate surface area is 151 Å². The third-order valence-corrected chi connectivity index (χ3v) is 5.68. The third kappa shape index (κ3) is 2.60. The number of hydrogen-bond donors (Lipinski definition) is 1. The molecular formula is C18H23N5O3. The zero-order valence-electron chi connectivity index (χ0n) is 15.3. The fourth-order valence-electron chi connectivity index (χ4n) is 4.16. The number of carbonyl (C=O) groups is 1. The number of rotatable bonds is 4. The number of aromatic amines is 1. The van der Waals surface area contributed by atoms with Gasteiger partial charge >= 0.3 is 0 Å². The molecule has 1 saturated carbocycles. The number of nitrogens with zero attached hydrogens (tertiary/aromatic N) is 4. The molecule has 1 atom stereocenters. The Morgan fingerprint density at radius 1 is 1.27 bits per heavy atom. The highest BCUT2D eigenvalue weighted by atomic mass is 16.5. The highest BCUT2D eigenvalue weighted by Gasteiger charge is 2.53. The van der Waals surface area contributed by atoms with E-state index >= 15 is 0 Å². The molecule has 1 unspecified atom stereocenters. The van der Waals surface area contributed by atoms with E-state index in [0.29, 0.717) is 18.0 Å². The lowest BCUT2D eigenvalue weighted by atomic mass is 9.62. The monoisotopic (exact) mass is 357 g/mol. The first-order valence-corrected chi connectivity index (χ1v) is 8.83. The Hall–Kier alpha value is -2.64. The Morgan fingerprint density at radius 3 is 2.65 bits per heavy atom. The van der Waals surface area contributed by atoms with Crippen molar-refractivity contribution in [1.29, 1.82) is 0 Å². The average molecular weight is 357 g/mol. The topological polar surface area (TPSA) is 93.2 Å². The van der Waals surface area contributed by atoms with Crippen molar-refractivity contribution in [3.8, 4) is 11.8 Å². The third-order valence-electron chi connectivity index (χ3n) is 5.68. The van der Waals surface area contributed by atoms with Gasteiger partial charge in [0.15, 0.2) is 5.82 Å². The summed E-state index contributed by atoms with van der Waals surface area (Å²) in [7, 11) is 3.04. The van der Waals surface area contributed by atoms with Crippen LogP contribution in [0.25, 0.3) is 0 Å². The second-order valence-corrected chi connectivity index (χ2v) is 7.14. The Kier molecular flexibility index (Phi) is 4.05. The molecule has 1 N–H and O–H groups in total. The van der Waals surface area contributed by atoms with Crippen LogP contribution in [0.4, 0.5) is 0 Å². The van der Waals surface area contributed by atoms with Gasteiger partial charge in [-0.2, -0.15) is 10.1 Å². The molecule has 0 radical (unpaired) electrons. The molecule has 1 amide bonds. The molecule has 1 aliphatic heterocycles. The number of likely N-dealkylation sites (tertiary alicyclic amines) is 1. The number of nitrogens with one attached hydrogen (secondary N) is 1. The predicted molar refractivity (Wildman–Crippen MR) is 93.4 cm³/mol. The molecule has 2 fully saturated rings. The van der Waals surface area contributed by atoms with Gasteiger partial charge in [0.25, 0.3) is 5.91 Å². The Balaban J connectivity index is 1.62. The summed E-state index contributed by atoms with van der Waals surface area (Å²) in [4.78, 5) is 23.8. The molecule has 8 heteroatoms. The van der Waals surface area contributed by atoms with Crippen molar-refractivity contribution in [2.75, 3.05) is 27.3 Å². The lowest BCUT2D eigenvalue weighted by Crippen LogP contribution is -2.38. The summed E-state index contributed by atoms with van der Waals surface area (Å²) in [6.07, 6.45) is 3.40. The number of ether oxygens (including phenoxy) is 2. The first kappa shape index (κ1) is 16.8. The van der Waals surface area contributed by atoms with E-state index in [0.717, 1.165) is 31.0 Å². The normalized spacial score (nSPS) is 20.9. The molecular weight excluding hydrogens is 334 g/mol. The van der Waals surface area contributed by atoms with E-state index in [-0.39, 0.29) is 23.1 Å². The van der Waals surface area contributed by atoms with E-state index < -0.39 is 0 Å². The zero-order valence-corrected chi connectivity index (χ0v) is 15.3. The maximum atomic E-state index is 13.2. The molecule has 2 aliphatic rings. The Bertz CT molecular complexity index is 830. The summed E-state index contributed by atoms with van der Waals surface area (Å²) in [6, 6.07) is 3.39. The number of hydrogen-bond acceptors (Lipinski definition) is 6. The van der Waals surface area contributed by atoms with Gasteiger partial charge in [-0.25, -0.2) is 4.98 Å². The molecule has 1 aliphatic carbocycles. The van der Waals surface area contributed by atoms with Crippen LogP contribution in [0.5, 0.6) is 11.8 Å². The summed E-state index contributed by atoms with van der Waals surface area (Å²) < 4.78 is 10.4. The van der Waals surface area contributed by atoms with Crippen molar-refractivity contribution >= 4 is 5.91 Å². The summed E-state index contributed by atoms with van der Waals surface area (Å²) in [5.74, 6) is 2.43. The number of methoxy groups -OCH3 is 2. The van der Waals surface area contributed by atoms with Gasteiger partial charge in [0.2, 0.25) is 11.8 Å². The second-order valence-electron chi connectivity index (χ2n) is 7.14. The number of pyridine rings is 1. The number of aromatic nitrogens is 4. The number of amides is 1. The van der Waals surface area contributed by atoms with Crippen molar-refractivity contribution in [2.45, 2.75) is 32.1 Å². The van der Waals surface area contributed by atoms with Crippen LogP contribution in [-0.2, 0) is 0 Å². The van der Waals surface area contributed by atoms with Crippen LogP contribution in [0, 0.1) is 12.3 Å². The maximum Gasteiger partial charge on any atom is 0.259 e. The standard InChI is InChI=1S/C18H23N5O3/c1-11-19-15(22-21-11)13-9-23(10-18(13)7-4-8-18)17(24)12-5-6-14(25-2)20-16(12)26-3/h5-6,13H,4,7-10H2,1-3H3,(H,19,21,22). The minimum Gasteiger partial charge on any atom is -0.481 e. The Morgan fingerprint density at radius 2 is 2.08 bits per heavy atom. The van der Waals surface area contributed by atoms with Crippen LogP contribution < -0.4 is 9.47 Å². The summed E-state index contributed by atoms with van der Waals surface area (Å²) in [5.41, 5.74) is 0.548. The van der Waals surface area contributed by atoms with Crippen molar-refractivity contribution < 1.29 is 14.3 Å². The quantitative estimate of drug-likeness (QED) is 0.899. The zero-order chi connectivity index (χ0) is 18.3. The van der Waals surface area contributed by atoms with Crippen LogP contribution >= 0.6 is 0 Å². The number of aryl methyl sites for hydroxylation is 1.